The van der Waals surface area contributed by atoms with Gasteiger partial charge in [0.1, 0.15) is 0 Å². The predicted octanol–water partition coefficient (Wildman–Crippen LogP) is 24.2. The first-order valence-corrected chi connectivity index (χ1v) is 37.3. The van der Waals surface area contributed by atoms with Crippen molar-refractivity contribution in [1.29, 1.82) is 0 Å². The zero-order valence-electron chi connectivity index (χ0n) is 54.9. The molecular weight excluding hydrogens is 983 g/mol. The first-order valence-electron chi connectivity index (χ1n) is 37.3. The van der Waals surface area contributed by atoms with Gasteiger partial charge in [-0.15, -0.1) is 0 Å². The van der Waals surface area contributed by atoms with Crippen LogP contribution in [0.3, 0.4) is 0 Å². The highest BCUT2D eigenvalue weighted by Crippen LogP contribution is 2.20. The smallest absolute Gasteiger partial charge is 0.305 e. The molecule has 0 aliphatic carbocycles. The molecule has 0 saturated carbocycles. The lowest BCUT2D eigenvalue weighted by Crippen LogP contribution is -2.45. The first kappa shape index (κ1) is 78.9. The number of hydrogen-bond acceptors (Lipinski definition) is 5. The largest absolute Gasteiger partial charge is 0.466 e. The van der Waals surface area contributed by atoms with E-state index >= 15 is 0 Å². The van der Waals surface area contributed by atoms with E-state index in [-0.39, 0.29) is 18.5 Å². The molecule has 3 N–H and O–H groups in total. The van der Waals surface area contributed by atoms with E-state index in [9.17, 15) is 19.8 Å². The van der Waals surface area contributed by atoms with Gasteiger partial charge in [-0.25, -0.2) is 0 Å². The second-order valence-electron chi connectivity index (χ2n) is 26.0. The molecule has 2 atom stereocenters. The lowest BCUT2D eigenvalue weighted by Gasteiger charge is -2.22. The summed E-state index contributed by atoms with van der Waals surface area (Å²) in [6, 6.07) is -0.539. The van der Waals surface area contributed by atoms with Crippen molar-refractivity contribution in [3.05, 3.63) is 0 Å². The van der Waals surface area contributed by atoms with Gasteiger partial charge in [-0.3, -0.25) is 9.59 Å². The van der Waals surface area contributed by atoms with Crippen molar-refractivity contribution in [3.63, 3.8) is 0 Å². The zero-order chi connectivity index (χ0) is 57.8. The fourth-order valence-corrected chi connectivity index (χ4v) is 12.2. The predicted molar refractivity (Wildman–Crippen MR) is 352 cm³/mol. The van der Waals surface area contributed by atoms with Gasteiger partial charge in [0.15, 0.2) is 0 Å². The summed E-state index contributed by atoms with van der Waals surface area (Å²) in [4.78, 5) is 24.6. The highest BCUT2D eigenvalue weighted by Gasteiger charge is 2.20. The minimum absolute atomic E-state index is 0.0216. The summed E-state index contributed by atoms with van der Waals surface area (Å²) in [7, 11) is 0. The molecular formula is C74H147NO5. The van der Waals surface area contributed by atoms with Gasteiger partial charge in [-0.1, -0.05) is 399 Å². The fourth-order valence-electron chi connectivity index (χ4n) is 12.2. The van der Waals surface area contributed by atoms with Crippen molar-refractivity contribution in [2.24, 2.45) is 0 Å². The average molecular weight is 1130 g/mol. The van der Waals surface area contributed by atoms with Crippen LogP contribution in [-0.2, 0) is 14.3 Å². The Morgan fingerprint density at radius 3 is 0.762 bits per heavy atom. The molecule has 0 rings (SSSR count). The van der Waals surface area contributed by atoms with Gasteiger partial charge >= 0.3 is 5.97 Å². The number of unbranched alkanes of at least 4 members (excludes halogenated alkanes) is 60. The van der Waals surface area contributed by atoms with Crippen molar-refractivity contribution < 1.29 is 24.5 Å². The van der Waals surface area contributed by atoms with Gasteiger partial charge in [0, 0.05) is 12.8 Å². The number of aliphatic hydroxyl groups is 2. The molecule has 80 heavy (non-hydrogen) atoms. The Morgan fingerprint density at radius 2 is 0.512 bits per heavy atom. The van der Waals surface area contributed by atoms with Crippen LogP contribution < -0.4 is 5.32 Å². The van der Waals surface area contributed by atoms with Crippen molar-refractivity contribution >= 4 is 11.9 Å². The number of carbonyl (C=O) groups is 2. The first-order chi connectivity index (χ1) is 39.5. The molecule has 6 heteroatoms. The molecule has 2 unspecified atom stereocenters. The van der Waals surface area contributed by atoms with Crippen molar-refractivity contribution in [2.75, 3.05) is 13.2 Å². The summed E-state index contributed by atoms with van der Waals surface area (Å²) in [5.74, 6) is -0.00392. The van der Waals surface area contributed by atoms with Crippen molar-refractivity contribution in [3.8, 4) is 0 Å². The van der Waals surface area contributed by atoms with E-state index in [0.717, 1.165) is 38.5 Å². The molecule has 0 aromatic heterocycles. The molecule has 0 aliphatic heterocycles. The van der Waals surface area contributed by atoms with Crippen LogP contribution in [0.1, 0.15) is 438 Å². The third kappa shape index (κ3) is 66.0. The number of carbonyl (C=O) groups excluding carboxylic acids is 2. The minimum atomic E-state index is -0.662. The Bertz CT molecular complexity index is 1160. The second-order valence-corrected chi connectivity index (χ2v) is 26.0. The molecule has 0 spiro atoms. The molecule has 0 radical (unpaired) electrons. The van der Waals surface area contributed by atoms with Gasteiger partial charge in [-0.2, -0.15) is 0 Å². The van der Waals surface area contributed by atoms with Gasteiger partial charge in [0.2, 0.25) is 5.91 Å². The van der Waals surface area contributed by atoms with Crippen LogP contribution in [-0.4, -0.2) is 47.4 Å². The minimum Gasteiger partial charge on any atom is -0.466 e. The number of hydrogen-bond donors (Lipinski definition) is 3. The highest BCUT2D eigenvalue weighted by atomic mass is 16.5. The molecule has 0 fully saturated rings. The van der Waals surface area contributed by atoms with Crippen LogP contribution in [0, 0.1) is 0 Å². The van der Waals surface area contributed by atoms with Crippen LogP contribution in [0.5, 0.6) is 0 Å². The monoisotopic (exact) mass is 1130 g/mol. The van der Waals surface area contributed by atoms with Gasteiger partial charge in [0.05, 0.1) is 25.4 Å². The third-order valence-electron chi connectivity index (χ3n) is 17.9. The van der Waals surface area contributed by atoms with Crippen LogP contribution in [0.4, 0.5) is 0 Å². The number of nitrogens with one attached hydrogen (secondary N) is 1. The standard InChI is InChI=1S/C74H147NO5/c1-3-5-7-9-11-13-15-17-18-19-20-21-31-34-37-40-43-46-50-54-58-62-66-72(77)71(70-76)75-73(78)67-63-59-55-51-47-44-41-38-35-32-29-27-25-23-22-24-26-28-30-33-36-39-42-45-49-53-57-61-65-69-80-74(79)68-64-60-56-52-48-16-14-12-10-8-6-4-2/h71-72,76-77H,3-70H2,1-2H3,(H,75,78). The molecule has 0 aromatic carbocycles. The van der Waals surface area contributed by atoms with E-state index in [1.54, 1.807) is 0 Å². The Morgan fingerprint density at radius 1 is 0.300 bits per heavy atom. The molecule has 0 aliphatic rings. The average Bonchev–Trinajstić information content (AvgIpc) is 3.46. The summed E-state index contributed by atoms with van der Waals surface area (Å²) in [5.41, 5.74) is 0. The number of rotatable bonds is 71. The van der Waals surface area contributed by atoms with E-state index in [2.05, 4.69) is 19.2 Å². The van der Waals surface area contributed by atoms with E-state index in [4.69, 9.17) is 4.74 Å². The number of amides is 1. The van der Waals surface area contributed by atoms with Crippen molar-refractivity contribution in [1.82, 2.24) is 5.32 Å². The highest BCUT2D eigenvalue weighted by molar-refractivity contribution is 5.76. The molecule has 6 nitrogen and oxygen atoms in total. The van der Waals surface area contributed by atoms with Gasteiger partial charge in [0.25, 0.3) is 0 Å². The summed E-state index contributed by atoms with van der Waals surface area (Å²) >= 11 is 0. The second kappa shape index (κ2) is 70.3. The molecule has 0 heterocycles. The molecule has 0 saturated heterocycles. The summed E-state index contributed by atoms with van der Waals surface area (Å²) in [6.45, 7) is 5.01. The number of aliphatic hydroxyl groups excluding tert-OH is 2. The van der Waals surface area contributed by atoms with Crippen LogP contribution >= 0.6 is 0 Å². The number of esters is 1. The maximum atomic E-state index is 12.6. The van der Waals surface area contributed by atoms with Crippen LogP contribution in [0.15, 0.2) is 0 Å². The third-order valence-corrected chi connectivity index (χ3v) is 17.9. The maximum Gasteiger partial charge on any atom is 0.305 e. The normalized spacial score (nSPS) is 12.4. The summed E-state index contributed by atoms with van der Waals surface area (Å²) in [6.07, 6.45) is 86.0. The zero-order valence-corrected chi connectivity index (χ0v) is 54.9. The van der Waals surface area contributed by atoms with E-state index in [0.29, 0.717) is 25.9 Å². The van der Waals surface area contributed by atoms with Crippen LogP contribution in [0.25, 0.3) is 0 Å². The quantitative estimate of drug-likeness (QED) is 0.0417. The summed E-state index contributed by atoms with van der Waals surface area (Å²) in [5, 5.41) is 23.4. The van der Waals surface area contributed by atoms with E-state index < -0.39 is 12.1 Å². The lowest BCUT2D eigenvalue weighted by atomic mass is 10.0. The molecule has 0 aromatic rings. The Labute approximate surface area is 502 Å². The van der Waals surface area contributed by atoms with Gasteiger partial charge in [-0.05, 0) is 25.7 Å². The Kier molecular flexibility index (Phi) is 69.3. The Hall–Kier alpha value is -1.14. The fraction of sp³-hybridized carbons (Fsp3) is 0.973. The van der Waals surface area contributed by atoms with E-state index in [1.807, 2.05) is 0 Å². The number of ether oxygens (including phenoxy) is 1. The molecule has 0 bridgehead atoms. The van der Waals surface area contributed by atoms with Crippen molar-refractivity contribution in [2.45, 2.75) is 450 Å². The lowest BCUT2D eigenvalue weighted by molar-refractivity contribution is -0.143. The SMILES string of the molecule is CCCCCCCCCCCCCCCCCCCCCCCCC(O)C(CO)NC(=O)CCCCCCCCCCCCCCCCCCCCCCCCCCCCCCCOC(=O)CCCCCCCCCCCCCC. The van der Waals surface area contributed by atoms with E-state index in [1.165, 1.54) is 366 Å². The van der Waals surface area contributed by atoms with Gasteiger partial charge < -0.3 is 20.3 Å². The summed E-state index contributed by atoms with van der Waals surface area (Å²) < 4.78 is 5.49. The Balaban J connectivity index is 3.33. The topological polar surface area (TPSA) is 95.9 Å². The molecule has 1 amide bonds. The van der Waals surface area contributed by atoms with Crippen LogP contribution in [0.2, 0.25) is 0 Å². The maximum absolute atomic E-state index is 12.6. The molecule has 478 valence electrons.